The molecule has 0 aromatic heterocycles. The van der Waals surface area contributed by atoms with E-state index in [1.54, 1.807) is 92.7 Å². The number of nitrogens with one attached hydrogen (secondary N) is 1. The normalized spacial score (nSPS) is 31.5. The summed E-state index contributed by atoms with van der Waals surface area (Å²) in [6.07, 6.45) is -12.0. The second-order valence-electron chi connectivity index (χ2n) is 17.3. The number of hydrogen-bond donors (Lipinski definition) is 4. The summed E-state index contributed by atoms with van der Waals surface area (Å²) in [5.41, 5.74) is -7.35. The maximum atomic E-state index is 15.5. The van der Waals surface area contributed by atoms with E-state index < -0.39 is 113 Å². The van der Waals surface area contributed by atoms with E-state index in [1.807, 2.05) is 0 Å². The van der Waals surface area contributed by atoms with Gasteiger partial charge in [-0.1, -0.05) is 80.6 Å². The number of ketones is 1. The van der Waals surface area contributed by atoms with Crippen LogP contribution >= 0.6 is 0 Å². The molecule has 3 fully saturated rings. The maximum absolute atomic E-state index is 15.5. The van der Waals surface area contributed by atoms with Crippen molar-refractivity contribution in [3.05, 3.63) is 119 Å². The molecule has 2 bridgehead atoms. The summed E-state index contributed by atoms with van der Waals surface area (Å²) in [6, 6.07) is 22.8. The van der Waals surface area contributed by atoms with Crippen molar-refractivity contribution in [3.63, 3.8) is 0 Å². The minimum absolute atomic E-state index is 0.0247. The number of hydrogen-bond acceptors (Lipinski definition) is 15. The second kappa shape index (κ2) is 17.0. The Bertz CT molecular complexity index is 2300. The van der Waals surface area contributed by atoms with Gasteiger partial charge in [-0.05, 0) is 54.8 Å². The van der Waals surface area contributed by atoms with E-state index in [-0.39, 0.29) is 35.3 Å². The summed E-state index contributed by atoms with van der Waals surface area (Å²) in [5, 5.41) is 40.3. The number of aliphatic hydroxyl groups is 3. The third kappa shape index (κ3) is 7.58. The Kier molecular flexibility index (Phi) is 12.2. The molecule has 3 aromatic carbocycles. The smallest absolute Gasteiger partial charge is 0.456 e. The van der Waals surface area contributed by atoms with Gasteiger partial charge in [0.2, 0.25) is 0 Å². The monoisotopic (exact) mass is 869 g/mol. The van der Waals surface area contributed by atoms with Gasteiger partial charge in [-0.2, -0.15) is 0 Å². The van der Waals surface area contributed by atoms with Crippen LogP contribution in [-0.2, 0) is 42.8 Å². The van der Waals surface area contributed by atoms with E-state index in [0.29, 0.717) is 5.56 Å². The van der Waals surface area contributed by atoms with Crippen molar-refractivity contribution < 1.29 is 72.5 Å². The molecule has 3 aliphatic carbocycles. The first-order chi connectivity index (χ1) is 29.8. The van der Waals surface area contributed by atoms with Crippen LogP contribution in [0.25, 0.3) is 0 Å². The number of esters is 3. The van der Waals surface area contributed by atoms with Gasteiger partial charge in [0.15, 0.2) is 23.6 Å². The molecule has 16 heteroatoms. The van der Waals surface area contributed by atoms with Crippen LogP contribution < -0.4 is 5.32 Å². The van der Waals surface area contributed by atoms with Crippen molar-refractivity contribution in [2.24, 2.45) is 16.7 Å². The van der Waals surface area contributed by atoms with Crippen molar-refractivity contribution in [1.82, 2.24) is 5.32 Å². The second-order valence-corrected chi connectivity index (χ2v) is 17.3. The summed E-state index contributed by atoms with van der Waals surface area (Å²) in [4.78, 5) is 83.7. The highest BCUT2D eigenvalue weighted by molar-refractivity contribution is 5.96. The highest BCUT2D eigenvalue weighted by Crippen LogP contribution is 2.64. The fourth-order valence-electron chi connectivity index (χ4n) is 10.1. The number of ether oxygens (including phenoxy) is 6. The molecule has 0 spiro atoms. The number of benzene rings is 3. The first kappa shape index (κ1) is 45.1. The van der Waals surface area contributed by atoms with E-state index in [1.165, 1.54) is 26.0 Å². The number of Topliss-reactive ketones (excluding diaryl/α,β-unsaturated/α-hetero) is 1. The quantitative estimate of drug-likeness (QED) is 0.128. The summed E-state index contributed by atoms with van der Waals surface area (Å²) in [6.45, 7) is 6.66. The zero-order chi connectivity index (χ0) is 45.6. The molecular formula is C47H51NO15. The minimum atomic E-state index is -2.43. The van der Waals surface area contributed by atoms with Crippen LogP contribution in [0.5, 0.6) is 0 Å². The number of rotatable bonds is 10. The number of fused-ring (bicyclic) bond motifs is 5. The van der Waals surface area contributed by atoms with Gasteiger partial charge in [-0.15, -0.1) is 0 Å². The van der Waals surface area contributed by atoms with E-state index in [9.17, 15) is 39.3 Å². The molecule has 4 N–H and O–H groups in total. The molecule has 8 unspecified atom stereocenters. The first-order valence-corrected chi connectivity index (χ1v) is 20.6. The molecule has 3 aromatic rings. The van der Waals surface area contributed by atoms with Crippen LogP contribution in [-0.4, -0.2) is 113 Å². The van der Waals surface area contributed by atoms with E-state index in [4.69, 9.17) is 28.4 Å². The van der Waals surface area contributed by atoms with Crippen LogP contribution in [0, 0.1) is 16.7 Å². The maximum Gasteiger partial charge on any atom is 0.508 e. The lowest BCUT2D eigenvalue weighted by atomic mass is 9.44. The summed E-state index contributed by atoms with van der Waals surface area (Å²) < 4.78 is 35.1. The highest BCUT2D eigenvalue weighted by Gasteiger charge is 2.78. The highest BCUT2D eigenvalue weighted by atomic mass is 16.8. The molecule has 1 saturated heterocycles. The Labute approximate surface area is 363 Å². The Hall–Kier alpha value is -5.94. The minimum Gasteiger partial charge on any atom is -0.456 e. The average molecular weight is 870 g/mol. The SMILES string of the molecule is COC(=O)O[C@@]12COC1CC(O)[C@@]1(C)C(=O)C(OC(C)=O)C3=C(C)C(OC(=O)C(O)C(NC(=O)c4ccccc4)c4ccccc4)C[C@@](O)(C(OC(=O)c4ccccc4)C21)C3(C)C. The Balaban J connectivity index is 1.39. The molecule has 1 aliphatic heterocycles. The number of carbonyl (C=O) groups is 6. The van der Waals surface area contributed by atoms with Gasteiger partial charge in [0.1, 0.15) is 23.9 Å². The van der Waals surface area contributed by atoms with Crippen molar-refractivity contribution in [2.45, 2.75) is 101 Å². The summed E-state index contributed by atoms with van der Waals surface area (Å²) in [5.74, 6) is -6.24. The average Bonchev–Trinajstić information content (AvgIpc) is 3.26. The van der Waals surface area contributed by atoms with Gasteiger partial charge in [-0.25, -0.2) is 14.4 Å². The van der Waals surface area contributed by atoms with E-state index in [2.05, 4.69) is 5.32 Å². The zero-order valence-electron chi connectivity index (χ0n) is 35.6. The van der Waals surface area contributed by atoms with Crippen molar-refractivity contribution in [2.75, 3.05) is 13.7 Å². The molecule has 11 atom stereocenters. The molecule has 16 nitrogen and oxygen atoms in total. The van der Waals surface area contributed by atoms with Gasteiger partial charge in [-0.3, -0.25) is 14.4 Å². The zero-order valence-corrected chi connectivity index (χ0v) is 35.6. The molecule has 2 saturated carbocycles. The molecular weight excluding hydrogens is 819 g/mol. The van der Waals surface area contributed by atoms with Gasteiger partial charge >= 0.3 is 24.1 Å². The van der Waals surface area contributed by atoms with Crippen molar-refractivity contribution in [3.8, 4) is 0 Å². The Morgan fingerprint density at radius 3 is 2.00 bits per heavy atom. The summed E-state index contributed by atoms with van der Waals surface area (Å²) in [7, 11) is 1.07. The number of aliphatic hydroxyl groups excluding tert-OH is 2. The largest absolute Gasteiger partial charge is 0.508 e. The standard InChI is InChI=1S/C47H51NO15/c1-25-30(61-42(55)35(51)34(27-16-10-7-11-17-27)48-40(53)28-18-12-8-13-19-28)23-47(57)39(62-41(54)29-20-14-9-15-21-29)37-45(5,38(52)36(60-26(2)49)33(25)44(47,3)4)31(50)22-32-46(37,24-59-32)63-43(56)58-6/h7-21,30-32,34-37,39,50-51,57H,22-24H2,1-6H3,(H,48,53)/t30?,31?,32?,34?,35?,36?,37?,39?,45-,46+,47-/m1/s1. The molecule has 4 aliphatic rings. The Morgan fingerprint density at radius 2 is 1.44 bits per heavy atom. The lowest BCUT2D eigenvalue weighted by molar-refractivity contribution is -0.344. The van der Waals surface area contributed by atoms with Gasteiger partial charge < -0.3 is 49.1 Å². The fraction of sp³-hybridized carbons (Fsp3) is 0.447. The lowest BCUT2D eigenvalue weighted by Crippen LogP contribution is -2.82. The Morgan fingerprint density at radius 1 is 0.857 bits per heavy atom. The van der Waals surface area contributed by atoms with Crippen LogP contribution in [0.1, 0.15) is 79.8 Å². The van der Waals surface area contributed by atoms with Crippen molar-refractivity contribution in [1.29, 1.82) is 0 Å². The van der Waals surface area contributed by atoms with E-state index in [0.717, 1.165) is 14.0 Å². The molecule has 0 radical (unpaired) electrons. The fourth-order valence-corrected chi connectivity index (χ4v) is 10.1. The molecule has 63 heavy (non-hydrogen) atoms. The van der Waals surface area contributed by atoms with Crippen molar-refractivity contribution >= 4 is 35.8 Å². The third-order valence-corrected chi connectivity index (χ3v) is 13.6. The predicted molar refractivity (Wildman–Crippen MR) is 219 cm³/mol. The lowest BCUT2D eigenvalue weighted by Gasteiger charge is -2.67. The molecule has 334 valence electrons. The van der Waals surface area contributed by atoms with Crippen LogP contribution in [0.2, 0.25) is 0 Å². The first-order valence-electron chi connectivity index (χ1n) is 20.6. The number of carbonyl (C=O) groups excluding carboxylic acids is 6. The van der Waals surface area contributed by atoms with E-state index >= 15 is 4.79 Å². The van der Waals surface area contributed by atoms with Crippen LogP contribution in [0.3, 0.4) is 0 Å². The van der Waals surface area contributed by atoms with Gasteiger partial charge in [0.25, 0.3) is 5.91 Å². The predicted octanol–water partition coefficient (Wildman–Crippen LogP) is 3.96. The number of amides is 1. The molecule has 1 heterocycles. The molecule has 7 rings (SSSR count). The van der Waals surface area contributed by atoms with Gasteiger partial charge in [0, 0.05) is 30.7 Å². The summed E-state index contributed by atoms with van der Waals surface area (Å²) >= 11 is 0. The molecule has 1 amide bonds. The third-order valence-electron chi connectivity index (χ3n) is 13.6. The van der Waals surface area contributed by atoms with Crippen LogP contribution in [0.15, 0.2) is 102 Å². The van der Waals surface area contributed by atoms with Gasteiger partial charge in [0.05, 0.1) is 42.8 Å². The topological polar surface area (TPSA) is 231 Å². The number of methoxy groups -OCH3 is 1. The van der Waals surface area contributed by atoms with Crippen LogP contribution in [0.4, 0.5) is 4.79 Å².